The molecule has 1 unspecified atom stereocenters. The van der Waals surface area contributed by atoms with Gasteiger partial charge >= 0.3 is 0 Å². The Hall–Kier alpha value is -1.22. The van der Waals surface area contributed by atoms with Crippen molar-refractivity contribution in [2.75, 3.05) is 31.6 Å². The lowest BCUT2D eigenvalue weighted by Crippen LogP contribution is -2.21. The van der Waals surface area contributed by atoms with E-state index in [1.165, 1.54) is 24.1 Å². The van der Waals surface area contributed by atoms with E-state index in [2.05, 4.69) is 24.0 Å². The fourth-order valence-corrected chi connectivity index (χ4v) is 2.43. The van der Waals surface area contributed by atoms with Gasteiger partial charge in [-0.05, 0) is 49.1 Å². The quantitative estimate of drug-likeness (QED) is 0.869. The lowest BCUT2D eigenvalue weighted by molar-refractivity contribution is 0.414. The lowest BCUT2D eigenvalue weighted by Gasteiger charge is -2.24. The predicted octanol–water partition coefficient (Wildman–Crippen LogP) is 2.36. The first-order chi connectivity index (χ1) is 8.26. The van der Waals surface area contributed by atoms with Gasteiger partial charge in [0, 0.05) is 18.8 Å². The Bertz CT molecular complexity index is 372. The Morgan fingerprint density at radius 1 is 1.35 bits per heavy atom. The average Bonchev–Trinajstić information content (AvgIpc) is 2.90. The summed E-state index contributed by atoms with van der Waals surface area (Å²) < 4.78 is 5.31. The van der Waals surface area contributed by atoms with E-state index in [1.807, 2.05) is 6.07 Å². The number of rotatable bonds is 4. The molecular weight excluding hydrogens is 212 g/mol. The van der Waals surface area contributed by atoms with E-state index in [-0.39, 0.29) is 0 Å². The zero-order valence-electron chi connectivity index (χ0n) is 10.8. The van der Waals surface area contributed by atoms with Gasteiger partial charge in [-0.25, -0.2) is 0 Å². The number of nitrogens with two attached hydrogens (primary N) is 1. The first kappa shape index (κ1) is 12.2. The van der Waals surface area contributed by atoms with Crippen molar-refractivity contribution in [3.8, 4) is 5.75 Å². The Balaban J connectivity index is 2.35. The second kappa shape index (κ2) is 5.41. The van der Waals surface area contributed by atoms with Crippen LogP contribution in [0.15, 0.2) is 18.2 Å². The third-order valence-electron chi connectivity index (χ3n) is 3.57. The summed E-state index contributed by atoms with van der Waals surface area (Å²) in [5, 5.41) is 0. The molecule has 0 bridgehead atoms. The van der Waals surface area contributed by atoms with E-state index >= 15 is 0 Å². The molecule has 1 aliphatic rings. The molecule has 1 aromatic carbocycles. The van der Waals surface area contributed by atoms with Gasteiger partial charge in [0.15, 0.2) is 0 Å². The highest BCUT2D eigenvalue weighted by Gasteiger charge is 2.18. The third-order valence-corrected chi connectivity index (χ3v) is 3.57. The van der Waals surface area contributed by atoms with Gasteiger partial charge in [0.1, 0.15) is 5.75 Å². The van der Waals surface area contributed by atoms with E-state index in [4.69, 9.17) is 10.5 Å². The molecule has 2 N–H and O–H groups in total. The molecule has 0 spiro atoms. The normalized spacial score (nSPS) is 17.2. The Kier molecular flexibility index (Phi) is 3.89. The van der Waals surface area contributed by atoms with Crippen molar-refractivity contribution in [1.82, 2.24) is 0 Å². The lowest BCUT2D eigenvalue weighted by atomic mass is 9.98. The molecule has 0 amide bonds. The van der Waals surface area contributed by atoms with Crippen molar-refractivity contribution >= 4 is 5.69 Å². The monoisotopic (exact) mass is 234 g/mol. The highest BCUT2D eigenvalue weighted by Crippen LogP contribution is 2.32. The minimum absolute atomic E-state index is 0.376. The SMILES string of the molecule is COc1ccc(N2CCCC2)c(C(C)CN)c1. The molecule has 2 rings (SSSR count). The summed E-state index contributed by atoms with van der Waals surface area (Å²) in [6, 6.07) is 6.34. The molecule has 1 fully saturated rings. The van der Waals surface area contributed by atoms with Gasteiger partial charge in [0.2, 0.25) is 0 Å². The van der Waals surface area contributed by atoms with Crippen molar-refractivity contribution in [3.05, 3.63) is 23.8 Å². The van der Waals surface area contributed by atoms with Crippen LogP contribution in [0.4, 0.5) is 5.69 Å². The second-order valence-corrected chi connectivity index (χ2v) is 4.76. The van der Waals surface area contributed by atoms with Crippen molar-refractivity contribution in [2.45, 2.75) is 25.7 Å². The molecule has 1 atom stereocenters. The van der Waals surface area contributed by atoms with Crippen LogP contribution in [-0.2, 0) is 0 Å². The van der Waals surface area contributed by atoms with Crippen LogP contribution in [0.2, 0.25) is 0 Å². The molecule has 0 aliphatic carbocycles. The average molecular weight is 234 g/mol. The van der Waals surface area contributed by atoms with E-state index in [0.29, 0.717) is 12.5 Å². The maximum Gasteiger partial charge on any atom is 0.119 e. The molecule has 1 aliphatic heterocycles. The minimum Gasteiger partial charge on any atom is -0.497 e. The maximum absolute atomic E-state index is 5.80. The van der Waals surface area contributed by atoms with Crippen LogP contribution in [0.3, 0.4) is 0 Å². The Morgan fingerprint density at radius 2 is 2.06 bits per heavy atom. The zero-order valence-corrected chi connectivity index (χ0v) is 10.8. The third kappa shape index (κ3) is 2.55. The second-order valence-electron chi connectivity index (χ2n) is 4.76. The number of hydrogen-bond acceptors (Lipinski definition) is 3. The summed E-state index contributed by atoms with van der Waals surface area (Å²) in [7, 11) is 1.71. The van der Waals surface area contributed by atoms with Crippen LogP contribution in [0.25, 0.3) is 0 Å². The number of nitrogens with zero attached hydrogens (tertiary/aromatic N) is 1. The van der Waals surface area contributed by atoms with E-state index in [0.717, 1.165) is 18.8 Å². The molecule has 17 heavy (non-hydrogen) atoms. The minimum atomic E-state index is 0.376. The predicted molar refractivity (Wildman–Crippen MR) is 71.9 cm³/mol. The van der Waals surface area contributed by atoms with Gasteiger partial charge in [-0.1, -0.05) is 6.92 Å². The first-order valence-electron chi connectivity index (χ1n) is 6.39. The van der Waals surface area contributed by atoms with Crippen LogP contribution in [0, 0.1) is 0 Å². The molecule has 3 nitrogen and oxygen atoms in total. The summed E-state index contributed by atoms with van der Waals surface area (Å²) in [6.45, 7) is 5.18. The molecule has 1 aromatic rings. The number of anilines is 1. The van der Waals surface area contributed by atoms with Crippen LogP contribution >= 0.6 is 0 Å². The fourth-order valence-electron chi connectivity index (χ4n) is 2.43. The molecule has 0 saturated carbocycles. The molecule has 1 saturated heterocycles. The largest absolute Gasteiger partial charge is 0.497 e. The van der Waals surface area contributed by atoms with Gasteiger partial charge < -0.3 is 15.4 Å². The van der Waals surface area contributed by atoms with Crippen LogP contribution in [-0.4, -0.2) is 26.7 Å². The number of hydrogen-bond donors (Lipinski definition) is 1. The zero-order chi connectivity index (χ0) is 12.3. The highest BCUT2D eigenvalue weighted by molar-refractivity contribution is 5.58. The maximum atomic E-state index is 5.80. The molecular formula is C14H22N2O. The number of benzene rings is 1. The van der Waals surface area contributed by atoms with Crippen molar-refractivity contribution in [1.29, 1.82) is 0 Å². The van der Waals surface area contributed by atoms with Gasteiger partial charge in [0.05, 0.1) is 7.11 Å². The Morgan fingerprint density at radius 3 is 2.65 bits per heavy atom. The molecule has 94 valence electrons. The van der Waals surface area contributed by atoms with Crippen LogP contribution in [0.5, 0.6) is 5.75 Å². The van der Waals surface area contributed by atoms with Crippen molar-refractivity contribution in [3.63, 3.8) is 0 Å². The highest BCUT2D eigenvalue weighted by atomic mass is 16.5. The molecule has 3 heteroatoms. The number of ether oxygens (including phenoxy) is 1. The smallest absolute Gasteiger partial charge is 0.119 e. The molecule has 0 aromatic heterocycles. The van der Waals surface area contributed by atoms with Gasteiger partial charge in [0.25, 0.3) is 0 Å². The van der Waals surface area contributed by atoms with Gasteiger partial charge in [-0.2, -0.15) is 0 Å². The van der Waals surface area contributed by atoms with Crippen molar-refractivity contribution < 1.29 is 4.74 Å². The van der Waals surface area contributed by atoms with Gasteiger partial charge in [-0.3, -0.25) is 0 Å². The fraction of sp³-hybridized carbons (Fsp3) is 0.571. The summed E-state index contributed by atoms with van der Waals surface area (Å²) in [4.78, 5) is 2.46. The van der Waals surface area contributed by atoms with Crippen LogP contribution < -0.4 is 15.4 Å². The molecule has 1 heterocycles. The summed E-state index contributed by atoms with van der Waals surface area (Å²) in [5.41, 5.74) is 8.45. The summed E-state index contributed by atoms with van der Waals surface area (Å²) in [5.74, 6) is 1.30. The van der Waals surface area contributed by atoms with Gasteiger partial charge in [-0.15, -0.1) is 0 Å². The topological polar surface area (TPSA) is 38.5 Å². The Labute approximate surface area is 104 Å². The first-order valence-corrected chi connectivity index (χ1v) is 6.39. The van der Waals surface area contributed by atoms with Crippen molar-refractivity contribution in [2.24, 2.45) is 5.73 Å². The summed E-state index contributed by atoms with van der Waals surface area (Å²) >= 11 is 0. The van der Waals surface area contributed by atoms with E-state index < -0.39 is 0 Å². The van der Waals surface area contributed by atoms with E-state index in [1.54, 1.807) is 7.11 Å². The van der Waals surface area contributed by atoms with Crippen LogP contribution in [0.1, 0.15) is 31.2 Å². The van der Waals surface area contributed by atoms with E-state index in [9.17, 15) is 0 Å². The standard InChI is InChI=1S/C14H22N2O/c1-11(10-15)13-9-12(17-2)5-6-14(13)16-7-3-4-8-16/h5-6,9,11H,3-4,7-8,10,15H2,1-2H3. The molecule has 0 radical (unpaired) electrons. The number of methoxy groups -OCH3 is 1. The summed E-state index contributed by atoms with van der Waals surface area (Å²) in [6.07, 6.45) is 2.59.